The number of nitrogens with zero attached hydrogens (tertiary/aromatic N) is 4. The van der Waals surface area contributed by atoms with E-state index in [9.17, 15) is 14.9 Å². The molecular weight excluding hydrogens is 322 g/mol. The second-order valence-electron chi connectivity index (χ2n) is 6.33. The molecule has 1 amide bonds. The Hall–Kier alpha value is -2.90. The van der Waals surface area contributed by atoms with E-state index in [2.05, 4.69) is 15.3 Å². The molecule has 8 nitrogen and oxygen atoms in total. The normalized spacial score (nSPS) is 16.9. The highest BCUT2D eigenvalue weighted by Gasteiger charge is 2.26. The molecule has 3 rings (SSSR count). The van der Waals surface area contributed by atoms with Crippen LogP contribution in [0, 0.1) is 17.0 Å². The molecule has 1 unspecified atom stereocenters. The lowest BCUT2D eigenvalue weighted by molar-refractivity contribution is -0.385. The molecule has 8 heteroatoms. The van der Waals surface area contributed by atoms with Crippen LogP contribution in [0.15, 0.2) is 30.6 Å². The van der Waals surface area contributed by atoms with E-state index in [4.69, 9.17) is 0 Å². The van der Waals surface area contributed by atoms with Crippen molar-refractivity contribution in [2.75, 3.05) is 18.0 Å². The quantitative estimate of drug-likeness (QED) is 0.662. The number of aromatic nitrogens is 2. The second kappa shape index (κ2) is 6.92. The molecule has 132 valence electrons. The van der Waals surface area contributed by atoms with Crippen molar-refractivity contribution in [1.82, 2.24) is 15.1 Å². The van der Waals surface area contributed by atoms with Crippen LogP contribution in [0.1, 0.15) is 28.8 Å². The fraction of sp³-hybridized carbons (Fsp3) is 0.412. The number of carbonyl (C=O) groups excluding carboxylic acids is 1. The fourth-order valence-electron chi connectivity index (χ4n) is 3.26. The first-order valence-electron chi connectivity index (χ1n) is 8.24. The van der Waals surface area contributed by atoms with Crippen molar-refractivity contribution < 1.29 is 9.72 Å². The first kappa shape index (κ1) is 16.9. The molecule has 2 aromatic rings. The van der Waals surface area contributed by atoms with Gasteiger partial charge in [0.15, 0.2) is 0 Å². The number of amides is 1. The van der Waals surface area contributed by atoms with Crippen LogP contribution >= 0.6 is 0 Å². The van der Waals surface area contributed by atoms with Crippen LogP contribution < -0.4 is 10.2 Å². The number of anilines is 1. The number of carbonyl (C=O) groups is 1. The minimum absolute atomic E-state index is 0.129. The van der Waals surface area contributed by atoms with Gasteiger partial charge in [-0.25, -0.2) is 0 Å². The SMILES string of the molecule is Cc1cc(N2CCCC2CNC(=O)c2cnn(C)c2)ccc1[N+](=O)[O-]. The van der Waals surface area contributed by atoms with Crippen LogP contribution in [0.25, 0.3) is 0 Å². The summed E-state index contributed by atoms with van der Waals surface area (Å²) in [5.41, 5.74) is 2.27. The van der Waals surface area contributed by atoms with Gasteiger partial charge in [0.25, 0.3) is 11.6 Å². The van der Waals surface area contributed by atoms with Crippen LogP contribution in [0.4, 0.5) is 11.4 Å². The van der Waals surface area contributed by atoms with Crippen molar-refractivity contribution in [3.8, 4) is 0 Å². The fourth-order valence-corrected chi connectivity index (χ4v) is 3.26. The zero-order valence-corrected chi connectivity index (χ0v) is 14.3. The predicted octanol–water partition coefficient (Wildman–Crippen LogP) is 2.04. The summed E-state index contributed by atoms with van der Waals surface area (Å²) in [5, 5.41) is 17.9. The topological polar surface area (TPSA) is 93.3 Å². The molecule has 1 atom stereocenters. The van der Waals surface area contributed by atoms with E-state index in [1.165, 1.54) is 0 Å². The van der Waals surface area contributed by atoms with Gasteiger partial charge in [-0.05, 0) is 31.9 Å². The van der Waals surface area contributed by atoms with E-state index in [-0.39, 0.29) is 22.6 Å². The standard InChI is InChI=1S/C17H21N5O3/c1-12-8-14(5-6-16(12)22(24)25)21-7-3-4-15(21)10-18-17(23)13-9-19-20(2)11-13/h5-6,8-9,11,15H,3-4,7,10H2,1-2H3,(H,18,23). The molecule has 1 fully saturated rings. The highest BCUT2D eigenvalue weighted by Crippen LogP contribution is 2.29. The molecule has 1 aromatic carbocycles. The maximum Gasteiger partial charge on any atom is 0.272 e. The van der Waals surface area contributed by atoms with Crippen LogP contribution in [0.2, 0.25) is 0 Å². The molecule has 25 heavy (non-hydrogen) atoms. The van der Waals surface area contributed by atoms with E-state index in [0.717, 1.165) is 25.1 Å². The van der Waals surface area contributed by atoms with E-state index in [0.29, 0.717) is 17.7 Å². The summed E-state index contributed by atoms with van der Waals surface area (Å²) in [7, 11) is 1.77. The molecule has 2 heterocycles. The molecule has 1 N–H and O–H groups in total. The molecule has 0 spiro atoms. The Kier molecular flexibility index (Phi) is 4.69. The average molecular weight is 343 g/mol. The number of hydrogen-bond donors (Lipinski definition) is 1. The Bertz CT molecular complexity index is 801. The third-order valence-corrected chi connectivity index (χ3v) is 4.55. The number of aryl methyl sites for hydroxylation is 2. The van der Waals surface area contributed by atoms with E-state index >= 15 is 0 Å². The van der Waals surface area contributed by atoms with Gasteiger partial charge in [0.05, 0.1) is 16.7 Å². The van der Waals surface area contributed by atoms with E-state index in [1.54, 1.807) is 43.2 Å². The minimum atomic E-state index is -0.366. The van der Waals surface area contributed by atoms with Crippen molar-refractivity contribution in [3.05, 3.63) is 51.8 Å². The first-order chi connectivity index (χ1) is 12.0. The highest BCUT2D eigenvalue weighted by molar-refractivity contribution is 5.93. The Morgan fingerprint density at radius 1 is 1.48 bits per heavy atom. The van der Waals surface area contributed by atoms with Crippen LogP contribution in [0.3, 0.4) is 0 Å². The van der Waals surface area contributed by atoms with Gasteiger partial charge in [0.2, 0.25) is 0 Å². The van der Waals surface area contributed by atoms with Crippen molar-refractivity contribution in [1.29, 1.82) is 0 Å². The number of hydrogen-bond acceptors (Lipinski definition) is 5. The van der Waals surface area contributed by atoms with E-state index in [1.807, 2.05) is 6.07 Å². The van der Waals surface area contributed by atoms with Crippen LogP contribution in [0.5, 0.6) is 0 Å². The lowest BCUT2D eigenvalue weighted by Gasteiger charge is -2.27. The first-order valence-corrected chi connectivity index (χ1v) is 8.24. The van der Waals surface area contributed by atoms with Gasteiger partial charge < -0.3 is 10.2 Å². The van der Waals surface area contributed by atoms with Crippen molar-refractivity contribution in [3.63, 3.8) is 0 Å². The number of nitro benzene ring substituents is 1. The molecule has 1 aliphatic rings. The van der Waals surface area contributed by atoms with Gasteiger partial charge in [-0.1, -0.05) is 0 Å². The average Bonchev–Trinajstić information content (AvgIpc) is 3.21. The van der Waals surface area contributed by atoms with Gasteiger partial charge in [-0.3, -0.25) is 19.6 Å². The van der Waals surface area contributed by atoms with Gasteiger partial charge in [0, 0.05) is 49.7 Å². The monoisotopic (exact) mass is 343 g/mol. The molecule has 0 aliphatic carbocycles. The number of benzene rings is 1. The summed E-state index contributed by atoms with van der Waals surface area (Å²) < 4.78 is 1.59. The second-order valence-corrected chi connectivity index (χ2v) is 6.33. The van der Waals surface area contributed by atoms with Crippen molar-refractivity contribution in [2.24, 2.45) is 7.05 Å². The van der Waals surface area contributed by atoms with E-state index < -0.39 is 0 Å². The smallest absolute Gasteiger partial charge is 0.272 e. The third kappa shape index (κ3) is 3.62. The Balaban J connectivity index is 1.67. The zero-order valence-electron chi connectivity index (χ0n) is 14.3. The van der Waals surface area contributed by atoms with Crippen LogP contribution in [-0.4, -0.2) is 39.7 Å². The van der Waals surface area contributed by atoms with Gasteiger partial charge in [-0.15, -0.1) is 0 Å². The summed E-state index contributed by atoms with van der Waals surface area (Å²) in [5.74, 6) is -0.139. The lowest BCUT2D eigenvalue weighted by atomic mass is 10.1. The summed E-state index contributed by atoms with van der Waals surface area (Å²) in [6.07, 6.45) is 5.23. The number of nitrogens with one attached hydrogen (secondary N) is 1. The number of nitro groups is 1. The van der Waals surface area contributed by atoms with Gasteiger partial charge >= 0.3 is 0 Å². The summed E-state index contributed by atoms with van der Waals surface area (Å²) >= 11 is 0. The molecular formula is C17H21N5O3. The summed E-state index contributed by atoms with van der Waals surface area (Å²) in [4.78, 5) is 25.0. The van der Waals surface area contributed by atoms with Gasteiger partial charge in [-0.2, -0.15) is 5.10 Å². The minimum Gasteiger partial charge on any atom is -0.367 e. The Morgan fingerprint density at radius 2 is 2.28 bits per heavy atom. The number of rotatable bonds is 5. The van der Waals surface area contributed by atoms with Crippen molar-refractivity contribution >= 4 is 17.3 Å². The third-order valence-electron chi connectivity index (χ3n) is 4.55. The Labute approximate surface area is 145 Å². The highest BCUT2D eigenvalue weighted by atomic mass is 16.6. The maximum atomic E-state index is 12.2. The molecule has 0 bridgehead atoms. The Morgan fingerprint density at radius 3 is 2.92 bits per heavy atom. The molecule has 1 aliphatic heterocycles. The molecule has 0 radical (unpaired) electrons. The molecule has 0 saturated carbocycles. The zero-order chi connectivity index (χ0) is 18.0. The predicted molar refractivity (Wildman–Crippen MR) is 93.7 cm³/mol. The largest absolute Gasteiger partial charge is 0.367 e. The summed E-state index contributed by atoms with van der Waals surface area (Å²) in [6, 6.07) is 5.36. The summed E-state index contributed by atoms with van der Waals surface area (Å²) in [6.45, 7) is 3.16. The van der Waals surface area contributed by atoms with Crippen LogP contribution in [-0.2, 0) is 7.05 Å². The molecule has 1 saturated heterocycles. The molecule has 1 aromatic heterocycles. The van der Waals surface area contributed by atoms with Crippen molar-refractivity contribution in [2.45, 2.75) is 25.8 Å². The lowest BCUT2D eigenvalue weighted by Crippen LogP contribution is -2.40. The van der Waals surface area contributed by atoms with Gasteiger partial charge in [0.1, 0.15) is 0 Å². The maximum absolute atomic E-state index is 12.2.